The van der Waals surface area contributed by atoms with Crippen LogP contribution in [0.3, 0.4) is 0 Å². The standard InChI is InChI=1S/C15H17N3O3/c1-3-11-4-6-12(7-5-11)16-14(19)13-8-9-18(17-13)10(2)15(20)21/h4-10H,3H2,1-2H3,(H,16,19)(H,20,21). The van der Waals surface area contributed by atoms with Crippen LogP contribution in [0.25, 0.3) is 0 Å². The van der Waals surface area contributed by atoms with Crippen molar-refractivity contribution in [2.24, 2.45) is 0 Å². The summed E-state index contributed by atoms with van der Waals surface area (Å²) in [7, 11) is 0. The van der Waals surface area contributed by atoms with Crippen molar-refractivity contribution in [3.63, 3.8) is 0 Å². The summed E-state index contributed by atoms with van der Waals surface area (Å²) < 4.78 is 1.25. The van der Waals surface area contributed by atoms with E-state index < -0.39 is 12.0 Å². The summed E-state index contributed by atoms with van der Waals surface area (Å²) in [6, 6.07) is 8.23. The number of rotatable bonds is 5. The monoisotopic (exact) mass is 287 g/mol. The second-order valence-electron chi connectivity index (χ2n) is 4.70. The molecule has 0 spiro atoms. The van der Waals surface area contributed by atoms with E-state index in [0.717, 1.165) is 6.42 Å². The molecule has 6 heteroatoms. The molecule has 0 radical (unpaired) electrons. The van der Waals surface area contributed by atoms with Gasteiger partial charge in [0.1, 0.15) is 6.04 Å². The maximum atomic E-state index is 12.0. The van der Waals surface area contributed by atoms with Crippen molar-refractivity contribution in [1.29, 1.82) is 0 Å². The van der Waals surface area contributed by atoms with Gasteiger partial charge in [-0.2, -0.15) is 5.10 Å². The zero-order valence-electron chi connectivity index (χ0n) is 11.9. The van der Waals surface area contributed by atoms with Crippen LogP contribution < -0.4 is 5.32 Å². The van der Waals surface area contributed by atoms with E-state index in [2.05, 4.69) is 17.3 Å². The number of nitrogens with one attached hydrogen (secondary N) is 1. The van der Waals surface area contributed by atoms with E-state index in [0.29, 0.717) is 5.69 Å². The Balaban J connectivity index is 2.07. The van der Waals surface area contributed by atoms with Crippen molar-refractivity contribution < 1.29 is 14.7 Å². The van der Waals surface area contributed by atoms with Gasteiger partial charge in [-0.25, -0.2) is 4.79 Å². The lowest BCUT2D eigenvalue weighted by molar-refractivity contribution is -0.140. The van der Waals surface area contributed by atoms with Crippen molar-refractivity contribution in [2.45, 2.75) is 26.3 Å². The van der Waals surface area contributed by atoms with Crippen molar-refractivity contribution >= 4 is 17.6 Å². The van der Waals surface area contributed by atoms with Crippen molar-refractivity contribution in [2.75, 3.05) is 5.32 Å². The van der Waals surface area contributed by atoms with Crippen LogP contribution in [0.5, 0.6) is 0 Å². The Kier molecular flexibility index (Phi) is 4.37. The molecule has 21 heavy (non-hydrogen) atoms. The molecule has 0 aliphatic carbocycles. The maximum absolute atomic E-state index is 12.0. The predicted octanol–water partition coefficient (Wildman–Crippen LogP) is 2.34. The van der Waals surface area contributed by atoms with Crippen LogP contribution in [0.4, 0.5) is 5.69 Å². The molecular formula is C15H17N3O3. The number of aryl methyl sites for hydroxylation is 1. The Morgan fingerprint density at radius 1 is 1.29 bits per heavy atom. The van der Waals surface area contributed by atoms with Gasteiger partial charge in [-0.1, -0.05) is 19.1 Å². The molecule has 2 N–H and O–H groups in total. The molecule has 1 heterocycles. The van der Waals surface area contributed by atoms with E-state index in [1.165, 1.54) is 29.4 Å². The molecule has 1 amide bonds. The molecule has 2 aromatic rings. The second kappa shape index (κ2) is 6.21. The minimum Gasteiger partial charge on any atom is -0.480 e. The van der Waals surface area contributed by atoms with Gasteiger partial charge in [0.2, 0.25) is 0 Å². The number of aromatic nitrogens is 2. The van der Waals surface area contributed by atoms with Crippen molar-refractivity contribution in [1.82, 2.24) is 9.78 Å². The highest BCUT2D eigenvalue weighted by atomic mass is 16.4. The second-order valence-corrected chi connectivity index (χ2v) is 4.70. The molecule has 0 aliphatic rings. The molecule has 6 nitrogen and oxygen atoms in total. The Morgan fingerprint density at radius 3 is 2.52 bits per heavy atom. The Labute approximate surface area is 122 Å². The molecule has 0 fully saturated rings. The van der Waals surface area contributed by atoms with E-state index >= 15 is 0 Å². The van der Waals surface area contributed by atoms with E-state index in [-0.39, 0.29) is 11.6 Å². The van der Waals surface area contributed by atoms with Gasteiger partial charge in [0.15, 0.2) is 5.69 Å². The van der Waals surface area contributed by atoms with Crippen LogP contribution in [0, 0.1) is 0 Å². The topological polar surface area (TPSA) is 84.2 Å². The molecule has 1 unspecified atom stereocenters. The average molecular weight is 287 g/mol. The number of carbonyl (C=O) groups is 2. The van der Waals surface area contributed by atoms with E-state index in [4.69, 9.17) is 5.11 Å². The number of benzene rings is 1. The number of carbonyl (C=O) groups excluding carboxylic acids is 1. The highest BCUT2D eigenvalue weighted by molar-refractivity contribution is 6.02. The zero-order valence-corrected chi connectivity index (χ0v) is 11.9. The molecule has 1 aromatic carbocycles. The van der Waals surface area contributed by atoms with E-state index in [1.54, 1.807) is 0 Å². The number of carboxylic acid groups (broad SMARTS) is 1. The minimum absolute atomic E-state index is 0.183. The molecule has 2 rings (SSSR count). The molecule has 1 aromatic heterocycles. The van der Waals surface area contributed by atoms with Gasteiger partial charge >= 0.3 is 5.97 Å². The molecule has 0 aliphatic heterocycles. The fraction of sp³-hybridized carbons (Fsp3) is 0.267. The van der Waals surface area contributed by atoms with Crippen LogP contribution in [0.2, 0.25) is 0 Å². The lowest BCUT2D eigenvalue weighted by Gasteiger charge is -2.06. The zero-order chi connectivity index (χ0) is 15.4. The summed E-state index contributed by atoms with van der Waals surface area (Å²) in [5, 5.41) is 15.6. The number of nitrogens with zero attached hydrogens (tertiary/aromatic N) is 2. The number of hydrogen-bond donors (Lipinski definition) is 2. The normalized spacial score (nSPS) is 11.9. The van der Waals surface area contributed by atoms with Gasteiger partial charge in [-0.15, -0.1) is 0 Å². The first-order chi connectivity index (χ1) is 10.0. The number of hydrogen-bond acceptors (Lipinski definition) is 3. The number of amides is 1. The third-order valence-electron chi connectivity index (χ3n) is 3.22. The fourth-order valence-electron chi connectivity index (χ4n) is 1.81. The van der Waals surface area contributed by atoms with Crippen LogP contribution in [-0.4, -0.2) is 26.8 Å². The summed E-state index contributed by atoms with van der Waals surface area (Å²) >= 11 is 0. The van der Waals surface area contributed by atoms with Crippen molar-refractivity contribution in [3.05, 3.63) is 47.8 Å². The molecular weight excluding hydrogens is 270 g/mol. The van der Waals surface area contributed by atoms with Gasteiger partial charge in [0.25, 0.3) is 5.91 Å². The first kappa shape index (κ1) is 14.8. The van der Waals surface area contributed by atoms with Gasteiger partial charge in [-0.05, 0) is 37.1 Å². The minimum atomic E-state index is -1.000. The van der Waals surface area contributed by atoms with E-state index in [9.17, 15) is 9.59 Å². The Morgan fingerprint density at radius 2 is 1.95 bits per heavy atom. The number of anilines is 1. The van der Waals surface area contributed by atoms with Gasteiger partial charge in [0.05, 0.1) is 0 Å². The van der Waals surface area contributed by atoms with Gasteiger partial charge < -0.3 is 10.4 Å². The average Bonchev–Trinajstić information content (AvgIpc) is 2.97. The quantitative estimate of drug-likeness (QED) is 0.884. The summed E-state index contributed by atoms with van der Waals surface area (Å²) in [6.45, 7) is 3.56. The third kappa shape index (κ3) is 3.47. The molecule has 0 saturated heterocycles. The first-order valence-corrected chi connectivity index (χ1v) is 6.69. The van der Waals surface area contributed by atoms with Crippen LogP contribution in [0.1, 0.15) is 35.9 Å². The Bertz CT molecular complexity index is 646. The third-order valence-corrected chi connectivity index (χ3v) is 3.22. The molecule has 1 atom stereocenters. The molecule has 110 valence electrons. The highest BCUT2D eigenvalue weighted by Crippen LogP contribution is 2.12. The first-order valence-electron chi connectivity index (χ1n) is 6.69. The summed E-state index contributed by atoms with van der Waals surface area (Å²) in [6.07, 6.45) is 2.42. The van der Waals surface area contributed by atoms with E-state index in [1.807, 2.05) is 24.3 Å². The van der Waals surface area contributed by atoms with Crippen LogP contribution in [0.15, 0.2) is 36.5 Å². The van der Waals surface area contributed by atoms with Gasteiger partial charge in [-0.3, -0.25) is 9.48 Å². The lowest BCUT2D eigenvalue weighted by atomic mass is 10.1. The number of aliphatic carboxylic acids is 1. The maximum Gasteiger partial charge on any atom is 0.328 e. The number of carboxylic acids is 1. The van der Waals surface area contributed by atoms with Crippen LogP contribution in [-0.2, 0) is 11.2 Å². The summed E-state index contributed by atoms with van der Waals surface area (Å²) in [4.78, 5) is 22.9. The highest BCUT2D eigenvalue weighted by Gasteiger charge is 2.16. The van der Waals surface area contributed by atoms with Crippen LogP contribution >= 0.6 is 0 Å². The predicted molar refractivity (Wildman–Crippen MR) is 78.3 cm³/mol. The lowest BCUT2D eigenvalue weighted by Crippen LogP contribution is -2.18. The Hall–Kier alpha value is -2.63. The largest absolute Gasteiger partial charge is 0.480 e. The molecule has 0 saturated carbocycles. The van der Waals surface area contributed by atoms with Gasteiger partial charge in [0, 0.05) is 11.9 Å². The SMILES string of the molecule is CCc1ccc(NC(=O)c2ccn(C(C)C(=O)O)n2)cc1. The fourth-order valence-corrected chi connectivity index (χ4v) is 1.81. The smallest absolute Gasteiger partial charge is 0.328 e. The van der Waals surface area contributed by atoms with Crippen molar-refractivity contribution in [3.8, 4) is 0 Å². The summed E-state index contributed by atoms with van der Waals surface area (Å²) in [5.74, 6) is -1.37. The summed E-state index contributed by atoms with van der Waals surface area (Å²) in [5.41, 5.74) is 2.05. The molecule has 0 bridgehead atoms.